The first kappa shape index (κ1) is 15.2. The summed E-state index contributed by atoms with van der Waals surface area (Å²) in [6.45, 7) is 2.97. The van der Waals surface area contributed by atoms with E-state index in [0.717, 1.165) is 47.6 Å². The molecule has 0 bridgehead atoms. The van der Waals surface area contributed by atoms with Gasteiger partial charge in [-0.2, -0.15) is 0 Å². The summed E-state index contributed by atoms with van der Waals surface area (Å²) in [5.74, 6) is 1.20. The van der Waals surface area contributed by atoms with Crippen molar-refractivity contribution in [1.82, 2.24) is 14.9 Å². The molecule has 0 spiro atoms. The van der Waals surface area contributed by atoms with Crippen molar-refractivity contribution < 1.29 is 5.11 Å². The molecule has 0 amide bonds. The summed E-state index contributed by atoms with van der Waals surface area (Å²) < 4.78 is 0. The normalized spacial score (nSPS) is 16.3. The van der Waals surface area contributed by atoms with E-state index in [1.54, 1.807) is 6.07 Å². The van der Waals surface area contributed by atoms with E-state index in [0.29, 0.717) is 5.75 Å². The minimum absolute atomic E-state index is 0.345. The van der Waals surface area contributed by atoms with Crippen LogP contribution in [0.25, 0.3) is 22.4 Å². The molecule has 1 aliphatic heterocycles. The first-order valence-electron chi connectivity index (χ1n) is 8.79. The van der Waals surface area contributed by atoms with Crippen LogP contribution in [0.15, 0.2) is 42.5 Å². The Labute approximate surface area is 142 Å². The maximum absolute atomic E-state index is 10.4. The molecule has 2 heterocycles. The van der Waals surface area contributed by atoms with Crippen LogP contribution in [0.3, 0.4) is 0 Å². The molecule has 124 valence electrons. The highest BCUT2D eigenvalue weighted by atomic mass is 16.3. The van der Waals surface area contributed by atoms with Crippen molar-refractivity contribution >= 4 is 11.0 Å². The van der Waals surface area contributed by atoms with Gasteiger partial charge in [-0.15, -0.1) is 0 Å². The van der Waals surface area contributed by atoms with Crippen LogP contribution >= 0.6 is 0 Å². The fourth-order valence-electron chi connectivity index (χ4n) is 3.53. The molecule has 4 nitrogen and oxygen atoms in total. The molecule has 1 aromatic heterocycles. The number of likely N-dealkylation sites (tertiary alicyclic amines) is 1. The summed E-state index contributed by atoms with van der Waals surface area (Å²) in [4.78, 5) is 10.6. The molecule has 1 fully saturated rings. The SMILES string of the molecule is Oc1ccc2[nH]c(-c3ccccc3)nc2c1CN1CCCCCC1. The number of hydrogen-bond acceptors (Lipinski definition) is 3. The number of nitrogens with zero attached hydrogens (tertiary/aromatic N) is 2. The Hall–Kier alpha value is -2.33. The number of imidazole rings is 1. The molecular formula is C20H23N3O. The van der Waals surface area contributed by atoms with Gasteiger partial charge in [0.2, 0.25) is 0 Å². The molecule has 0 atom stereocenters. The number of rotatable bonds is 3. The predicted octanol–water partition coefficient (Wildman–Crippen LogP) is 4.31. The molecule has 4 heteroatoms. The lowest BCUT2D eigenvalue weighted by atomic mass is 10.1. The third kappa shape index (κ3) is 3.02. The maximum atomic E-state index is 10.4. The molecule has 4 rings (SSSR count). The van der Waals surface area contributed by atoms with Crippen LogP contribution in [-0.4, -0.2) is 33.1 Å². The minimum atomic E-state index is 0.345. The zero-order valence-electron chi connectivity index (χ0n) is 13.8. The van der Waals surface area contributed by atoms with Gasteiger partial charge < -0.3 is 10.1 Å². The molecular weight excluding hydrogens is 298 g/mol. The smallest absolute Gasteiger partial charge is 0.138 e. The standard InChI is InChI=1S/C20H23N3O/c24-18-11-10-17-19(16(18)14-23-12-6-1-2-7-13-23)22-20(21-17)15-8-4-3-5-9-15/h3-5,8-11,24H,1-2,6-7,12-14H2,(H,21,22). The molecule has 1 saturated heterocycles. The second-order valence-corrected chi connectivity index (χ2v) is 6.60. The Kier molecular flexibility index (Phi) is 4.22. The van der Waals surface area contributed by atoms with Crippen LogP contribution < -0.4 is 0 Å². The van der Waals surface area contributed by atoms with Crippen molar-refractivity contribution in [3.05, 3.63) is 48.0 Å². The highest BCUT2D eigenvalue weighted by molar-refractivity contribution is 5.84. The topological polar surface area (TPSA) is 52.1 Å². The Morgan fingerprint density at radius 1 is 0.958 bits per heavy atom. The van der Waals surface area contributed by atoms with E-state index in [1.807, 2.05) is 36.4 Å². The monoisotopic (exact) mass is 321 g/mol. The molecule has 3 aromatic rings. The molecule has 0 saturated carbocycles. The number of aromatic hydroxyl groups is 1. The average molecular weight is 321 g/mol. The summed E-state index contributed by atoms with van der Waals surface area (Å²) in [6.07, 6.45) is 5.11. The zero-order valence-corrected chi connectivity index (χ0v) is 13.8. The van der Waals surface area contributed by atoms with Crippen LogP contribution in [0.2, 0.25) is 0 Å². The van der Waals surface area contributed by atoms with Crippen LogP contribution in [0.1, 0.15) is 31.2 Å². The van der Waals surface area contributed by atoms with Crippen LogP contribution in [-0.2, 0) is 6.54 Å². The minimum Gasteiger partial charge on any atom is -0.508 e. The van der Waals surface area contributed by atoms with Crippen molar-refractivity contribution in [1.29, 1.82) is 0 Å². The van der Waals surface area contributed by atoms with Crippen molar-refractivity contribution in [2.45, 2.75) is 32.2 Å². The number of H-pyrrole nitrogens is 1. The Bertz CT molecular complexity index is 818. The third-order valence-electron chi connectivity index (χ3n) is 4.86. The lowest BCUT2D eigenvalue weighted by Gasteiger charge is -2.20. The van der Waals surface area contributed by atoms with Crippen molar-refractivity contribution in [3.8, 4) is 17.1 Å². The maximum Gasteiger partial charge on any atom is 0.138 e. The molecule has 1 aliphatic rings. The Morgan fingerprint density at radius 3 is 2.46 bits per heavy atom. The van der Waals surface area contributed by atoms with Crippen LogP contribution in [0.5, 0.6) is 5.75 Å². The number of phenols is 1. The van der Waals surface area contributed by atoms with Crippen LogP contribution in [0, 0.1) is 0 Å². The zero-order chi connectivity index (χ0) is 16.4. The second kappa shape index (κ2) is 6.65. The molecule has 0 aliphatic carbocycles. The van der Waals surface area contributed by atoms with Gasteiger partial charge in [0.15, 0.2) is 0 Å². The average Bonchev–Trinajstić information content (AvgIpc) is 2.88. The number of hydrogen-bond donors (Lipinski definition) is 2. The fourth-order valence-corrected chi connectivity index (χ4v) is 3.53. The van der Waals surface area contributed by atoms with Gasteiger partial charge in [0, 0.05) is 17.7 Å². The predicted molar refractivity (Wildman–Crippen MR) is 96.9 cm³/mol. The van der Waals surface area contributed by atoms with Gasteiger partial charge in [-0.1, -0.05) is 43.2 Å². The molecule has 24 heavy (non-hydrogen) atoms. The van der Waals surface area contributed by atoms with E-state index < -0.39 is 0 Å². The summed E-state index contributed by atoms with van der Waals surface area (Å²) in [5, 5.41) is 10.4. The quantitative estimate of drug-likeness (QED) is 0.756. The van der Waals surface area contributed by atoms with E-state index in [2.05, 4.69) is 9.88 Å². The summed E-state index contributed by atoms with van der Waals surface area (Å²) in [6, 6.07) is 13.8. The summed E-state index contributed by atoms with van der Waals surface area (Å²) in [7, 11) is 0. The fraction of sp³-hybridized carbons (Fsp3) is 0.350. The largest absolute Gasteiger partial charge is 0.508 e. The Morgan fingerprint density at radius 2 is 1.71 bits per heavy atom. The lowest BCUT2D eigenvalue weighted by Crippen LogP contribution is -2.24. The van der Waals surface area contributed by atoms with Gasteiger partial charge in [0.25, 0.3) is 0 Å². The summed E-state index contributed by atoms with van der Waals surface area (Å²) >= 11 is 0. The van der Waals surface area contributed by atoms with Gasteiger partial charge in [0.1, 0.15) is 11.6 Å². The van der Waals surface area contributed by atoms with E-state index in [1.165, 1.54) is 25.7 Å². The molecule has 0 unspecified atom stereocenters. The molecule has 0 radical (unpaired) electrons. The van der Waals surface area contributed by atoms with Crippen molar-refractivity contribution in [2.75, 3.05) is 13.1 Å². The highest BCUT2D eigenvalue weighted by Crippen LogP contribution is 2.30. The number of benzene rings is 2. The highest BCUT2D eigenvalue weighted by Gasteiger charge is 2.17. The first-order valence-corrected chi connectivity index (χ1v) is 8.79. The number of aromatic amines is 1. The molecule has 2 N–H and O–H groups in total. The first-order chi connectivity index (χ1) is 11.8. The van der Waals surface area contributed by atoms with Gasteiger partial charge in [0.05, 0.1) is 11.0 Å². The van der Waals surface area contributed by atoms with E-state index >= 15 is 0 Å². The number of aromatic nitrogens is 2. The van der Waals surface area contributed by atoms with E-state index in [-0.39, 0.29) is 0 Å². The number of phenolic OH excluding ortho intramolecular Hbond substituents is 1. The number of fused-ring (bicyclic) bond motifs is 1. The van der Waals surface area contributed by atoms with Crippen molar-refractivity contribution in [3.63, 3.8) is 0 Å². The molecule has 2 aromatic carbocycles. The van der Waals surface area contributed by atoms with Gasteiger partial charge in [-0.25, -0.2) is 4.98 Å². The lowest BCUT2D eigenvalue weighted by molar-refractivity contribution is 0.274. The summed E-state index contributed by atoms with van der Waals surface area (Å²) in [5.41, 5.74) is 3.87. The van der Waals surface area contributed by atoms with Gasteiger partial charge in [-0.05, 0) is 38.1 Å². The van der Waals surface area contributed by atoms with Crippen LogP contribution in [0.4, 0.5) is 0 Å². The second-order valence-electron chi connectivity index (χ2n) is 6.60. The third-order valence-corrected chi connectivity index (χ3v) is 4.86. The van der Waals surface area contributed by atoms with Gasteiger partial charge >= 0.3 is 0 Å². The van der Waals surface area contributed by atoms with Crippen molar-refractivity contribution in [2.24, 2.45) is 0 Å². The van der Waals surface area contributed by atoms with E-state index in [4.69, 9.17) is 4.98 Å². The van der Waals surface area contributed by atoms with Gasteiger partial charge in [-0.3, -0.25) is 4.90 Å². The van der Waals surface area contributed by atoms with E-state index in [9.17, 15) is 5.11 Å². The number of nitrogens with one attached hydrogen (secondary N) is 1. The Balaban J connectivity index is 1.71.